The molecule has 0 saturated carbocycles. The van der Waals surface area contributed by atoms with Gasteiger partial charge in [0.05, 0.1) is 23.2 Å². The number of pyridine rings is 1. The third kappa shape index (κ3) is 8.46. The van der Waals surface area contributed by atoms with Gasteiger partial charge in [-0.1, -0.05) is 0 Å². The minimum Gasteiger partial charge on any atom is -0.462 e. The molecule has 188 valence electrons. The van der Waals surface area contributed by atoms with Crippen molar-refractivity contribution in [1.29, 1.82) is 0 Å². The number of rotatable bonds is 11. The van der Waals surface area contributed by atoms with Crippen LogP contribution in [-0.2, 0) is 24.3 Å². The Morgan fingerprint density at radius 1 is 0.914 bits per heavy atom. The van der Waals surface area contributed by atoms with E-state index in [1.54, 1.807) is 13.8 Å². The number of esters is 1. The third-order valence-corrected chi connectivity index (χ3v) is 5.61. The molecule has 12 nitrogen and oxygen atoms in total. The van der Waals surface area contributed by atoms with E-state index in [9.17, 15) is 27.6 Å². The number of carbonyl (C=O) groups is 4. The maximum absolute atomic E-state index is 12.5. The molecule has 0 saturated heterocycles. The smallest absolute Gasteiger partial charge is 0.325 e. The van der Waals surface area contributed by atoms with Crippen molar-refractivity contribution >= 4 is 33.7 Å². The van der Waals surface area contributed by atoms with Crippen molar-refractivity contribution in [2.24, 2.45) is 0 Å². The molecule has 3 N–H and O–H groups in total. The number of hydrogen-bond acceptors (Lipinski definition) is 9. The van der Waals surface area contributed by atoms with Crippen LogP contribution in [0.25, 0.3) is 0 Å². The Kier molecular flexibility index (Phi) is 9.85. The van der Waals surface area contributed by atoms with Crippen molar-refractivity contribution in [3.05, 3.63) is 59.4 Å². The number of aromatic nitrogens is 1. The lowest BCUT2D eigenvalue weighted by molar-refractivity contribution is -0.146. The number of nitrogens with one attached hydrogen (secondary N) is 3. The number of carbonyl (C=O) groups excluding carboxylic acids is 4. The number of hydrogen-bond donors (Lipinski definition) is 3. The van der Waals surface area contributed by atoms with Crippen LogP contribution in [0, 0.1) is 0 Å². The molecular formula is C22H26N4O8S. The zero-order chi connectivity index (χ0) is 26.0. The summed E-state index contributed by atoms with van der Waals surface area (Å²) < 4.78 is 36.7. The molecule has 2 rings (SSSR count). The first-order valence-corrected chi connectivity index (χ1v) is 11.9. The predicted octanol–water partition coefficient (Wildman–Crippen LogP) is 0.258. The van der Waals surface area contributed by atoms with Gasteiger partial charge in [0.25, 0.3) is 27.7 Å². The van der Waals surface area contributed by atoms with Gasteiger partial charge in [-0.2, -0.15) is 0 Å². The van der Waals surface area contributed by atoms with Gasteiger partial charge in [-0.05, 0) is 50.2 Å². The van der Waals surface area contributed by atoms with Crippen LogP contribution < -0.4 is 15.4 Å². The van der Waals surface area contributed by atoms with Crippen LogP contribution in [0.5, 0.6) is 0 Å². The highest BCUT2D eigenvalue weighted by Gasteiger charge is 2.20. The molecule has 1 aromatic carbocycles. The maximum atomic E-state index is 12.5. The van der Waals surface area contributed by atoms with Crippen molar-refractivity contribution in [1.82, 2.24) is 20.3 Å². The summed E-state index contributed by atoms with van der Waals surface area (Å²) in [5.74, 6) is -2.65. The van der Waals surface area contributed by atoms with E-state index >= 15 is 0 Å². The Bertz CT molecular complexity index is 1160. The molecule has 0 unspecified atom stereocenters. The largest absolute Gasteiger partial charge is 0.462 e. The fourth-order valence-electron chi connectivity index (χ4n) is 2.60. The number of nitrogens with zero attached hydrogens (tertiary/aromatic N) is 1. The monoisotopic (exact) mass is 506 g/mol. The normalized spacial score (nSPS) is 11.0. The van der Waals surface area contributed by atoms with Crippen molar-refractivity contribution in [3.8, 4) is 0 Å². The van der Waals surface area contributed by atoms with Crippen molar-refractivity contribution in [2.75, 3.05) is 26.8 Å². The lowest BCUT2D eigenvalue weighted by atomic mass is 10.2. The zero-order valence-corrected chi connectivity index (χ0v) is 20.2. The lowest BCUT2D eigenvalue weighted by Crippen LogP contribution is -2.33. The van der Waals surface area contributed by atoms with Gasteiger partial charge in [0.2, 0.25) is 0 Å². The quantitative estimate of drug-likeness (QED) is 0.286. The summed E-state index contributed by atoms with van der Waals surface area (Å²) in [5, 5.41) is 4.94. The Balaban J connectivity index is 1.98. The van der Waals surface area contributed by atoms with Crippen LogP contribution in [0.4, 0.5) is 0 Å². The van der Waals surface area contributed by atoms with Gasteiger partial charge in [-0.15, -0.1) is 0 Å². The highest BCUT2D eigenvalue weighted by atomic mass is 32.2. The van der Waals surface area contributed by atoms with E-state index in [2.05, 4.69) is 15.6 Å². The molecule has 3 amide bonds. The molecule has 0 fully saturated rings. The molecule has 0 atom stereocenters. The first-order chi connectivity index (χ1) is 16.5. The Hall–Kier alpha value is -3.84. The Morgan fingerprint density at radius 3 is 2.14 bits per heavy atom. The summed E-state index contributed by atoms with van der Waals surface area (Å²) >= 11 is 0. The summed E-state index contributed by atoms with van der Waals surface area (Å²) in [6, 6.07) is 7.43. The highest BCUT2D eigenvalue weighted by Crippen LogP contribution is 2.12. The number of ether oxygens (including phenoxy) is 2. The highest BCUT2D eigenvalue weighted by molar-refractivity contribution is 7.90. The molecule has 1 heterocycles. The molecule has 0 bridgehead atoms. The van der Waals surface area contributed by atoms with E-state index in [1.807, 2.05) is 4.72 Å². The lowest BCUT2D eigenvalue weighted by Gasteiger charge is -2.09. The first-order valence-electron chi connectivity index (χ1n) is 10.4. The fourth-order valence-corrected chi connectivity index (χ4v) is 3.58. The van der Waals surface area contributed by atoms with Gasteiger partial charge < -0.3 is 20.1 Å². The predicted molar refractivity (Wildman–Crippen MR) is 123 cm³/mol. The second-order valence-corrected chi connectivity index (χ2v) is 9.04. The SMILES string of the molecule is COCCNC(=O)c1ccc(S(=O)(=O)NC(=O)c2ccc(C(=O)NCC(=O)OC(C)C)nc2)cc1. The second-order valence-electron chi connectivity index (χ2n) is 7.36. The number of sulfonamides is 1. The zero-order valence-electron chi connectivity index (χ0n) is 19.4. The summed E-state index contributed by atoms with van der Waals surface area (Å²) in [7, 11) is -2.74. The molecule has 2 aromatic rings. The van der Waals surface area contributed by atoms with Crippen LogP contribution >= 0.6 is 0 Å². The molecule has 0 aliphatic carbocycles. The summed E-state index contributed by atoms with van der Waals surface area (Å²) in [4.78, 5) is 51.5. The van der Waals surface area contributed by atoms with E-state index in [4.69, 9.17) is 9.47 Å². The molecule has 0 aliphatic rings. The topological polar surface area (TPSA) is 170 Å². The standard InChI is InChI=1S/C22H26N4O8S/c1-14(2)34-19(27)13-25-22(30)18-9-6-16(12-24-18)21(29)26-35(31,32)17-7-4-15(5-8-17)20(28)23-10-11-33-3/h4-9,12,14H,10-11,13H2,1-3H3,(H,23,28)(H,25,30)(H,26,29). The maximum Gasteiger partial charge on any atom is 0.325 e. The Morgan fingerprint density at radius 2 is 1.57 bits per heavy atom. The van der Waals surface area contributed by atoms with E-state index in [-0.39, 0.29) is 34.4 Å². The van der Waals surface area contributed by atoms with E-state index in [0.717, 1.165) is 6.20 Å². The van der Waals surface area contributed by atoms with Gasteiger partial charge in [0.1, 0.15) is 12.2 Å². The first kappa shape index (κ1) is 27.4. The van der Waals surface area contributed by atoms with Crippen LogP contribution in [0.3, 0.4) is 0 Å². The van der Waals surface area contributed by atoms with E-state index in [0.29, 0.717) is 13.2 Å². The molecule has 0 radical (unpaired) electrons. The minimum absolute atomic E-state index is 0.0823. The van der Waals surface area contributed by atoms with Gasteiger partial charge in [0, 0.05) is 25.4 Å². The van der Waals surface area contributed by atoms with Gasteiger partial charge in [0.15, 0.2) is 0 Å². The Labute approximate surface area is 202 Å². The van der Waals surface area contributed by atoms with Crippen LogP contribution in [-0.4, -0.2) is 70.0 Å². The number of amides is 3. The van der Waals surface area contributed by atoms with Gasteiger partial charge >= 0.3 is 5.97 Å². The van der Waals surface area contributed by atoms with Crippen molar-refractivity contribution in [2.45, 2.75) is 24.8 Å². The minimum atomic E-state index is -4.24. The number of benzene rings is 1. The van der Waals surface area contributed by atoms with Crippen LogP contribution in [0.1, 0.15) is 45.1 Å². The van der Waals surface area contributed by atoms with Crippen molar-refractivity contribution in [3.63, 3.8) is 0 Å². The average Bonchev–Trinajstić information content (AvgIpc) is 2.82. The molecule has 1 aromatic heterocycles. The molecule has 0 aliphatic heterocycles. The third-order valence-electron chi connectivity index (χ3n) is 4.26. The summed E-state index contributed by atoms with van der Waals surface area (Å²) in [5.41, 5.74) is 0.0431. The summed E-state index contributed by atoms with van der Waals surface area (Å²) in [6.07, 6.45) is 0.703. The van der Waals surface area contributed by atoms with Crippen LogP contribution in [0.15, 0.2) is 47.5 Å². The average molecular weight is 507 g/mol. The van der Waals surface area contributed by atoms with E-state index in [1.165, 1.54) is 43.5 Å². The molecule has 13 heteroatoms. The number of methoxy groups -OCH3 is 1. The fraction of sp³-hybridized carbons (Fsp3) is 0.318. The molecular weight excluding hydrogens is 480 g/mol. The van der Waals surface area contributed by atoms with E-state index < -0.39 is 33.7 Å². The summed E-state index contributed by atoms with van der Waals surface area (Å²) in [6.45, 7) is 3.62. The second kappa shape index (κ2) is 12.6. The van der Waals surface area contributed by atoms with Gasteiger partial charge in [-0.3, -0.25) is 24.2 Å². The van der Waals surface area contributed by atoms with Gasteiger partial charge in [-0.25, -0.2) is 13.1 Å². The molecule has 35 heavy (non-hydrogen) atoms. The molecule has 0 spiro atoms. The van der Waals surface area contributed by atoms with Crippen molar-refractivity contribution < 1.29 is 37.1 Å². The van der Waals surface area contributed by atoms with Crippen LogP contribution in [0.2, 0.25) is 0 Å².